The van der Waals surface area contributed by atoms with E-state index >= 15 is 0 Å². The Balaban J connectivity index is 2.09. The standard InChI is InChI=1S/C17H21ClN2/c1-20(13-11-14-6-3-2-4-7-14)17-9-5-8-16(18)15(17)10-12-19/h2-9H,10-13,19H2,1H3. The Morgan fingerprint density at radius 2 is 1.75 bits per heavy atom. The Bertz CT molecular complexity index is 540. The average Bonchev–Trinajstić information content (AvgIpc) is 2.48. The van der Waals surface area contributed by atoms with Gasteiger partial charge in [-0.2, -0.15) is 0 Å². The molecular formula is C17H21ClN2. The van der Waals surface area contributed by atoms with E-state index in [4.69, 9.17) is 17.3 Å². The Morgan fingerprint density at radius 1 is 1.00 bits per heavy atom. The van der Waals surface area contributed by atoms with Crippen molar-refractivity contribution < 1.29 is 0 Å². The molecule has 0 bridgehead atoms. The van der Waals surface area contributed by atoms with Gasteiger partial charge in [0.15, 0.2) is 0 Å². The molecule has 0 aliphatic heterocycles. The first-order chi connectivity index (χ1) is 9.72. The molecule has 0 heterocycles. The molecular weight excluding hydrogens is 268 g/mol. The van der Waals surface area contributed by atoms with Crippen LogP contribution in [0.2, 0.25) is 5.02 Å². The third kappa shape index (κ3) is 3.75. The van der Waals surface area contributed by atoms with Gasteiger partial charge in [-0.05, 0) is 42.6 Å². The van der Waals surface area contributed by atoms with Gasteiger partial charge in [0.1, 0.15) is 0 Å². The van der Waals surface area contributed by atoms with Crippen LogP contribution in [0.1, 0.15) is 11.1 Å². The summed E-state index contributed by atoms with van der Waals surface area (Å²) < 4.78 is 0. The number of anilines is 1. The van der Waals surface area contributed by atoms with Gasteiger partial charge < -0.3 is 10.6 Å². The van der Waals surface area contributed by atoms with E-state index in [-0.39, 0.29) is 0 Å². The quantitative estimate of drug-likeness (QED) is 0.881. The number of hydrogen-bond acceptors (Lipinski definition) is 2. The molecule has 0 amide bonds. The second kappa shape index (κ2) is 7.32. The molecule has 0 atom stereocenters. The maximum Gasteiger partial charge on any atom is 0.0459 e. The third-order valence-corrected chi connectivity index (χ3v) is 3.83. The van der Waals surface area contributed by atoms with Crippen LogP contribution in [0.4, 0.5) is 5.69 Å². The van der Waals surface area contributed by atoms with Gasteiger partial charge in [-0.3, -0.25) is 0 Å². The predicted molar refractivity (Wildman–Crippen MR) is 87.6 cm³/mol. The highest BCUT2D eigenvalue weighted by atomic mass is 35.5. The van der Waals surface area contributed by atoms with Crippen LogP contribution in [0, 0.1) is 0 Å². The third-order valence-electron chi connectivity index (χ3n) is 3.48. The fourth-order valence-corrected chi connectivity index (χ4v) is 2.62. The first kappa shape index (κ1) is 14.9. The van der Waals surface area contributed by atoms with E-state index in [1.165, 1.54) is 11.3 Å². The highest BCUT2D eigenvalue weighted by Crippen LogP contribution is 2.27. The minimum atomic E-state index is 0.614. The van der Waals surface area contributed by atoms with Gasteiger partial charge in [-0.25, -0.2) is 0 Å². The van der Waals surface area contributed by atoms with Gasteiger partial charge in [0.25, 0.3) is 0 Å². The van der Waals surface area contributed by atoms with Crippen LogP contribution in [0.3, 0.4) is 0 Å². The fraction of sp³-hybridized carbons (Fsp3) is 0.294. The molecule has 0 saturated heterocycles. The summed E-state index contributed by atoms with van der Waals surface area (Å²) in [6.07, 6.45) is 1.83. The summed E-state index contributed by atoms with van der Waals surface area (Å²) in [5.74, 6) is 0. The zero-order valence-electron chi connectivity index (χ0n) is 11.8. The van der Waals surface area contributed by atoms with Gasteiger partial charge in [0.2, 0.25) is 0 Å². The monoisotopic (exact) mass is 288 g/mol. The number of benzene rings is 2. The van der Waals surface area contributed by atoms with Gasteiger partial charge in [-0.1, -0.05) is 48.0 Å². The zero-order valence-corrected chi connectivity index (χ0v) is 12.6. The van der Waals surface area contributed by atoms with Crippen molar-refractivity contribution in [2.75, 3.05) is 25.0 Å². The Kier molecular flexibility index (Phi) is 5.45. The number of hydrogen-bond donors (Lipinski definition) is 1. The van der Waals surface area contributed by atoms with E-state index in [2.05, 4.69) is 42.3 Å². The van der Waals surface area contributed by atoms with Crippen LogP contribution in [0.25, 0.3) is 0 Å². The second-order valence-corrected chi connectivity index (χ2v) is 5.34. The fourth-order valence-electron chi connectivity index (χ4n) is 2.36. The molecule has 0 saturated carbocycles. The SMILES string of the molecule is CN(CCc1ccccc1)c1cccc(Cl)c1CCN. The van der Waals surface area contributed by atoms with Crippen LogP contribution in [-0.4, -0.2) is 20.1 Å². The highest BCUT2D eigenvalue weighted by molar-refractivity contribution is 6.31. The highest BCUT2D eigenvalue weighted by Gasteiger charge is 2.10. The molecule has 3 heteroatoms. The summed E-state index contributed by atoms with van der Waals surface area (Å²) in [5, 5.41) is 0.805. The van der Waals surface area contributed by atoms with Gasteiger partial charge >= 0.3 is 0 Å². The molecule has 0 aliphatic rings. The molecule has 0 unspecified atom stereocenters. The molecule has 2 nitrogen and oxygen atoms in total. The summed E-state index contributed by atoms with van der Waals surface area (Å²) in [7, 11) is 2.11. The average molecular weight is 289 g/mol. The summed E-state index contributed by atoms with van der Waals surface area (Å²) in [5.41, 5.74) is 9.36. The van der Waals surface area contributed by atoms with E-state index in [1.54, 1.807) is 0 Å². The van der Waals surface area contributed by atoms with Crippen molar-refractivity contribution >= 4 is 17.3 Å². The lowest BCUT2D eigenvalue weighted by molar-refractivity contribution is 0.861. The normalized spacial score (nSPS) is 10.6. The molecule has 2 aromatic rings. The van der Waals surface area contributed by atoms with Crippen molar-refractivity contribution in [1.29, 1.82) is 0 Å². The second-order valence-electron chi connectivity index (χ2n) is 4.93. The van der Waals surface area contributed by atoms with Gasteiger partial charge in [0.05, 0.1) is 0 Å². The van der Waals surface area contributed by atoms with Crippen LogP contribution in [0.15, 0.2) is 48.5 Å². The minimum Gasteiger partial charge on any atom is -0.374 e. The van der Waals surface area contributed by atoms with E-state index in [0.29, 0.717) is 6.54 Å². The first-order valence-electron chi connectivity index (χ1n) is 6.95. The maximum absolute atomic E-state index is 6.29. The van der Waals surface area contributed by atoms with Gasteiger partial charge in [0, 0.05) is 24.3 Å². The van der Waals surface area contributed by atoms with Gasteiger partial charge in [-0.15, -0.1) is 0 Å². The Morgan fingerprint density at radius 3 is 2.45 bits per heavy atom. The Labute approximate surface area is 126 Å². The largest absolute Gasteiger partial charge is 0.374 e. The number of nitrogens with two attached hydrogens (primary N) is 1. The maximum atomic E-state index is 6.29. The molecule has 2 aromatic carbocycles. The van der Waals surface area contributed by atoms with Crippen molar-refractivity contribution in [3.63, 3.8) is 0 Å². The molecule has 0 fully saturated rings. The smallest absolute Gasteiger partial charge is 0.0459 e. The minimum absolute atomic E-state index is 0.614. The summed E-state index contributed by atoms with van der Waals surface area (Å²) in [6, 6.07) is 16.6. The van der Waals surface area contributed by atoms with Crippen LogP contribution < -0.4 is 10.6 Å². The number of nitrogens with zero attached hydrogens (tertiary/aromatic N) is 1. The Hall–Kier alpha value is -1.51. The first-order valence-corrected chi connectivity index (χ1v) is 7.32. The number of halogens is 1. The van der Waals surface area contributed by atoms with E-state index in [0.717, 1.165) is 30.0 Å². The molecule has 20 heavy (non-hydrogen) atoms. The molecule has 0 aromatic heterocycles. The summed E-state index contributed by atoms with van der Waals surface area (Å²) in [4.78, 5) is 2.25. The van der Waals surface area contributed by atoms with Crippen molar-refractivity contribution in [2.45, 2.75) is 12.8 Å². The van der Waals surface area contributed by atoms with Crippen LogP contribution in [-0.2, 0) is 12.8 Å². The molecule has 0 aliphatic carbocycles. The van der Waals surface area contributed by atoms with E-state index in [1.807, 2.05) is 18.2 Å². The van der Waals surface area contributed by atoms with Crippen molar-refractivity contribution in [2.24, 2.45) is 5.73 Å². The predicted octanol–water partition coefficient (Wildman–Crippen LogP) is 3.52. The molecule has 0 spiro atoms. The summed E-state index contributed by atoms with van der Waals surface area (Å²) in [6.45, 7) is 1.57. The summed E-state index contributed by atoms with van der Waals surface area (Å²) >= 11 is 6.29. The number of likely N-dealkylation sites (N-methyl/N-ethyl adjacent to an activating group) is 1. The van der Waals surface area contributed by atoms with Crippen LogP contribution in [0.5, 0.6) is 0 Å². The van der Waals surface area contributed by atoms with Crippen molar-refractivity contribution in [3.8, 4) is 0 Å². The molecule has 106 valence electrons. The molecule has 2 rings (SSSR count). The van der Waals surface area contributed by atoms with Crippen molar-refractivity contribution in [3.05, 3.63) is 64.7 Å². The lowest BCUT2D eigenvalue weighted by atomic mass is 10.1. The number of rotatable bonds is 6. The zero-order chi connectivity index (χ0) is 14.4. The van der Waals surface area contributed by atoms with Crippen molar-refractivity contribution in [1.82, 2.24) is 0 Å². The molecule has 0 radical (unpaired) electrons. The lowest BCUT2D eigenvalue weighted by Crippen LogP contribution is -2.22. The topological polar surface area (TPSA) is 29.3 Å². The lowest BCUT2D eigenvalue weighted by Gasteiger charge is -2.23. The molecule has 2 N–H and O–H groups in total. The van der Waals surface area contributed by atoms with E-state index in [9.17, 15) is 0 Å². The van der Waals surface area contributed by atoms with E-state index < -0.39 is 0 Å². The van der Waals surface area contributed by atoms with Crippen LogP contribution >= 0.6 is 11.6 Å².